The third kappa shape index (κ3) is 3.33. The highest BCUT2D eigenvalue weighted by Crippen LogP contribution is 2.37. The van der Waals surface area contributed by atoms with Crippen LogP contribution in [0.1, 0.15) is 37.3 Å². The minimum atomic E-state index is -4.53. The van der Waals surface area contributed by atoms with E-state index < -0.39 is 17.8 Å². The Bertz CT molecular complexity index is 1010. The molecule has 1 aliphatic rings. The van der Waals surface area contributed by atoms with Crippen LogP contribution in [0.25, 0.3) is 11.0 Å². The number of pyridine rings is 1. The van der Waals surface area contributed by atoms with Crippen molar-refractivity contribution in [3.8, 4) is 11.8 Å². The van der Waals surface area contributed by atoms with Gasteiger partial charge in [-0.05, 0) is 18.9 Å². The summed E-state index contributed by atoms with van der Waals surface area (Å²) in [5, 5.41) is 15.0. The number of hydrogen-bond donors (Lipinski definition) is 2. The second kappa shape index (κ2) is 6.89. The maximum Gasteiger partial charge on any atom is 0.416 e. The Balaban J connectivity index is 1.78. The molecule has 28 heavy (non-hydrogen) atoms. The number of anilines is 1. The van der Waals surface area contributed by atoms with Crippen molar-refractivity contribution in [3.05, 3.63) is 30.2 Å². The quantitative estimate of drug-likeness (QED) is 0.702. The van der Waals surface area contributed by atoms with Crippen LogP contribution in [0.4, 0.5) is 19.0 Å². The number of nitrogen functional groups attached to an aromatic ring is 1. The largest absolute Gasteiger partial charge is 0.418 e. The summed E-state index contributed by atoms with van der Waals surface area (Å²) in [4.78, 5) is 11.9. The van der Waals surface area contributed by atoms with Gasteiger partial charge in [-0.1, -0.05) is 12.8 Å². The van der Waals surface area contributed by atoms with Gasteiger partial charge in [0.2, 0.25) is 5.88 Å². The molecule has 2 atom stereocenters. The Kier molecular flexibility index (Phi) is 4.53. The molecule has 148 valence electrons. The first-order valence-corrected chi connectivity index (χ1v) is 8.72. The maximum absolute atomic E-state index is 12.9. The van der Waals surface area contributed by atoms with Crippen molar-refractivity contribution in [2.24, 2.45) is 0 Å². The van der Waals surface area contributed by atoms with Gasteiger partial charge in [-0.2, -0.15) is 13.2 Å². The van der Waals surface area contributed by atoms with Gasteiger partial charge in [-0.3, -0.25) is 0 Å². The van der Waals surface area contributed by atoms with E-state index in [1.54, 1.807) is 0 Å². The van der Waals surface area contributed by atoms with E-state index in [0.717, 1.165) is 31.2 Å². The van der Waals surface area contributed by atoms with Gasteiger partial charge < -0.3 is 15.6 Å². The molecule has 11 heteroatoms. The summed E-state index contributed by atoms with van der Waals surface area (Å²) in [5.41, 5.74) is 5.39. The first kappa shape index (κ1) is 18.4. The molecule has 4 rings (SSSR count). The van der Waals surface area contributed by atoms with Gasteiger partial charge in [0, 0.05) is 12.3 Å². The summed E-state index contributed by atoms with van der Waals surface area (Å²) in [6.07, 6.45) is 0.241. The van der Waals surface area contributed by atoms with Gasteiger partial charge in [0.25, 0.3) is 5.88 Å². The molecule has 3 heterocycles. The molecular formula is C17H17F3N6O2. The van der Waals surface area contributed by atoms with E-state index in [1.165, 1.54) is 11.0 Å². The van der Waals surface area contributed by atoms with Crippen LogP contribution >= 0.6 is 0 Å². The van der Waals surface area contributed by atoms with Crippen molar-refractivity contribution in [3.63, 3.8) is 0 Å². The lowest BCUT2D eigenvalue weighted by Crippen LogP contribution is -2.28. The number of rotatable bonds is 3. The first-order chi connectivity index (χ1) is 13.3. The standard InChI is InChI=1S/C17H17F3N6O2/c18-17(19,20)9-5-6-22-12(7-9)28-16-13-14(21)23-8-24-15(13)26(25-16)10-3-1-2-4-11(10)27/h5-8,10-11,27H,1-4H2,(H2,21,23,24)/t10-,11-/m0/s1. The summed E-state index contributed by atoms with van der Waals surface area (Å²) in [5.74, 6) is -0.268. The average Bonchev–Trinajstić information content (AvgIpc) is 3.01. The number of alkyl halides is 3. The molecule has 0 radical (unpaired) electrons. The summed E-state index contributed by atoms with van der Waals surface area (Å²) in [7, 11) is 0. The average molecular weight is 394 g/mol. The van der Waals surface area contributed by atoms with Gasteiger partial charge in [-0.25, -0.2) is 19.6 Å². The smallest absolute Gasteiger partial charge is 0.416 e. The maximum atomic E-state index is 12.9. The first-order valence-electron chi connectivity index (χ1n) is 8.72. The van der Waals surface area contributed by atoms with Crippen LogP contribution in [0.2, 0.25) is 0 Å². The molecule has 0 spiro atoms. The van der Waals surface area contributed by atoms with Crippen molar-refractivity contribution >= 4 is 16.9 Å². The summed E-state index contributed by atoms with van der Waals surface area (Å²) < 4.78 is 45.9. The Morgan fingerprint density at radius 1 is 1.18 bits per heavy atom. The highest BCUT2D eigenvalue weighted by atomic mass is 19.4. The molecule has 3 aromatic rings. The Morgan fingerprint density at radius 3 is 2.71 bits per heavy atom. The van der Waals surface area contributed by atoms with Crippen LogP contribution in [0.3, 0.4) is 0 Å². The lowest BCUT2D eigenvalue weighted by atomic mass is 9.93. The van der Waals surface area contributed by atoms with Gasteiger partial charge in [0.05, 0.1) is 17.7 Å². The van der Waals surface area contributed by atoms with Gasteiger partial charge >= 0.3 is 6.18 Å². The third-order valence-electron chi connectivity index (χ3n) is 4.76. The number of aliphatic hydroxyl groups excluding tert-OH is 1. The highest BCUT2D eigenvalue weighted by Gasteiger charge is 2.32. The lowest BCUT2D eigenvalue weighted by Gasteiger charge is -2.27. The van der Waals surface area contributed by atoms with Gasteiger partial charge in [0.1, 0.15) is 17.5 Å². The number of nitrogens with two attached hydrogens (primary N) is 1. The van der Waals surface area contributed by atoms with E-state index in [0.29, 0.717) is 18.5 Å². The molecule has 0 aromatic carbocycles. The molecule has 0 unspecified atom stereocenters. The van der Waals surface area contributed by atoms with Gasteiger partial charge in [-0.15, -0.1) is 5.10 Å². The Hall–Kier alpha value is -2.95. The lowest BCUT2D eigenvalue weighted by molar-refractivity contribution is -0.137. The molecule has 8 nitrogen and oxygen atoms in total. The number of nitrogens with zero attached hydrogens (tertiary/aromatic N) is 5. The number of halogens is 3. The molecule has 0 aliphatic heterocycles. The van der Waals surface area contributed by atoms with Crippen molar-refractivity contribution in [1.82, 2.24) is 24.7 Å². The fourth-order valence-corrected chi connectivity index (χ4v) is 3.38. The molecule has 1 aliphatic carbocycles. The second-order valence-corrected chi connectivity index (χ2v) is 6.61. The zero-order valence-electron chi connectivity index (χ0n) is 14.6. The van der Waals surface area contributed by atoms with E-state index in [1.807, 2.05) is 0 Å². The van der Waals surface area contributed by atoms with Crippen LogP contribution in [0.15, 0.2) is 24.7 Å². The van der Waals surface area contributed by atoms with E-state index in [9.17, 15) is 18.3 Å². The molecule has 0 amide bonds. The van der Waals surface area contributed by atoms with E-state index in [-0.39, 0.29) is 29.0 Å². The summed E-state index contributed by atoms with van der Waals surface area (Å²) >= 11 is 0. The Morgan fingerprint density at radius 2 is 1.96 bits per heavy atom. The van der Waals surface area contributed by atoms with Crippen LogP contribution in [0.5, 0.6) is 11.8 Å². The SMILES string of the molecule is Nc1ncnc2c1c(Oc1cc(C(F)(F)F)ccn1)nn2[C@H]1CCCC[C@@H]1O. The summed E-state index contributed by atoms with van der Waals surface area (Å²) in [6.45, 7) is 0. The molecule has 0 bridgehead atoms. The van der Waals surface area contributed by atoms with Crippen LogP contribution < -0.4 is 10.5 Å². The van der Waals surface area contributed by atoms with Crippen LogP contribution in [0, 0.1) is 0 Å². The molecule has 0 saturated heterocycles. The predicted molar refractivity (Wildman–Crippen MR) is 92.6 cm³/mol. The molecule has 3 aromatic heterocycles. The van der Waals surface area contributed by atoms with Crippen molar-refractivity contribution in [1.29, 1.82) is 0 Å². The van der Waals surface area contributed by atoms with Gasteiger partial charge in [0.15, 0.2) is 5.65 Å². The number of aromatic nitrogens is 5. The van der Waals surface area contributed by atoms with Crippen molar-refractivity contribution < 1.29 is 23.0 Å². The second-order valence-electron chi connectivity index (χ2n) is 6.61. The number of ether oxygens (including phenoxy) is 1. The van der Waals surface area contributed by atoms with E-state index >= 15 is 0 Å². The Labute approximate surface area is 157 Å². The molecular weight excluding hydrogens is 377 g/mol. The minimum absolute atomic E-state index is 0.0577. The van der Waals surface area contributed by atoms with Crippen LogP contribution in [-0.4, -0.2) is 35.9 Å². The summed E-state index contributed by atoms with van der Waals surface area (Å²) in [6, 6.07) is 1.29. The third-order valence-corrected chi connectivity index (χ3v) is 4.76. The molecule has 1 fully saturated rings. The number of aliphatic hydroxyl groups is 1. The zero-order chi connectivity index (χ0) is 19.9. The minimum Gasteiger partial charge on any atom is -0.418 e. The molecule has 1 saturated carbocycles. The van der Waals surface area contributed by atoms with Crippen molar-refractivity contribution in [2.75, 3.05) is 5.73 Å². The monoisotopic (exact) mass is 394 g/mol. The van der Waals surface area contributed by atoms with Crippen LogP contribution in [-0.2, 0) is 6.18 Å². The zero-order valence-corrected chi connectivity index (χ0v) is 14.6. The number of fused-ring (bicyclic) bond motifs is 1. The van der Waals surface area contributed by atoms with E-state index in [2.05, 4.69) is 20.1 Å². The van der Waals surface area contributed by atoms with E-state index in [4.69, 9.17) is 10.5 Å². The van der Waals surface area contributed by atoms with Crippen molar-refractivity contribution in [2.45, 2.75) is 44.0 Å². The highest BCUT2D eigenvalue weighted by molar-refractivity contribution is 5.90. The number of hydrogen-bond acceptors (Lipinski definition) is 7. The topological polar surface area (TPSA) is 112 Å². The molecule has 3 N–H and O–H groups in total. The predicted octanol–water partition coefficient (Wildman–Crippen LogP) is 3.09. The fourth-order valence-electron chi connectivity index (χ4n) is 3.38. The normalized spacial score (nSPS) is 20.4. The fraction of sp³-hybridized carbons (Fsp3) is 0.412.